The van der Waals surface area contributed by atoms with Crippen molar-refractivity contribution in [2.45, 2.75) is 13.2 Å². The lowest BCUT2D eigenvalue weighted by Gasteiger charge is -2.13. The van der Waals surface area contributed by atoms with Gasteiger partial charge in [-0.25, -0.2) is 14.4 Å². The summed E-state index contributed by atoms with van der Waals surface area (Å²) in [5, 5.41) is 1.44. The van der Waals surface area contributed by atoms with E-state index in [1.54, 1.807) is 24.3 Å². The van der Waals surface area contributed by atoms with Crippen molar-refractivity contribution in [1.29, 1.82) is 0 Å². The summed E-state index contributed by atoms with van der Waals surface area (Å²) in [6, 6.07) is 28.5. The van der Waals surface area contributed by atoms with E-state index in [1.807, 2.05) is 60.7 Å². The minimum Gasteiger partial charge on any atom is -0.482 e. The van der Waals surface area contributed by atoms with Crippen LogP contribution >= 0.6 is 0 Å². The molecule has 39 heavy (non-hydrogen) atoms. The molecule has 1 aromatic heterocycles. The molecular weight excluding hydrogens is 500 g/mol. The minimum atomic E-state index is -0.579. The standard InChI is InChI=1S/C31H24O8/c32-28(37-17-21-9-3-1-4-10-21)19-35-23-15-26(36-20-29(33)38-18-22-11-5-2-6-12-22)30-24-13-7-8-14-25(24)31(34)39-27(30)16-23/h1-16H,17-20H2. The first kappa shape index (κ1) is 25.5. The van der Waals surface area contributed by atoms with Crippen molar-refractivity contribution < 1.29 is 33.0 Å². The molecule has 0 bridgehead atoms. The molecule has 0 spiro atoms. The van der Waals surface area contributed by atoms with E-state index in [1.165, 1.54) is 12.1 Å². The van der Waals surface area contributed by atoms with Gasteiger partial charge in [-0.15, -0.1) is 0 Å². The van der Waals surface area contributed by atoms with E-state index in [2.05, 4.69) is 0 Å². The summed E-state index contributed by atoms with van der Waals surface area (Å²) in [6.07, 6.45) is 0. The molecule has 0 fully saturated rings. The molecule has 196 valence electrons. The zero-order chi connectivity index (χ0) is 27.0. The fourth-order valence-electron chi connectivity index (χ4n) is 3.98. The van der Waals surface area contributed by atoms with Crippen LogP contribution in [0.2, 0.25) is 0 Å². The molecular formula is C31H24O8. The predicted octanol–water partition coefficient (Wildman–Crippen LogP) is 5.19. The Bertz CT molecular complexity index is 1660. The number of rotatable bonds is 10. The van der Waals surface area contributed by atoms with Gasteiger partial charge in [0.2, 0.25) is 0 Å². The SMILES string of the molecule is O=C(COc1cc(OCC(=O)OCc2ccccc2)c2c(c1)oc(=O)c1ccccc12)OCc1ccccc1. The Balaban J connectivity index is 1.34. The van der Waals surface area contributed by atoms with Crippen molar-refractivity contribution in [3.05, 3.63) is 119 Å². The Hall–Kier alpha value is -5.11. The Kier molecular flexibility index (Phi) is 7.83. The molecule has 4 aromatic carbocycles. The third-order valence-corrected chi connectivity index (χ3v) is 5.85. The van der Waals surface area contributed by atoms with Crippen molar-refractivity contribution >= 4 is 33.7 Å². The maximum atomic E-state index is 12.6. The van der Waals surface area contributed by atoms with Gasteiger partial charge in [-0.05, 0) is 17.2 Å². The van der Waals surface area contributed by atoms with Crippen LogP contribution < -0.4 is 15.1 Å². The van der Waals surface area contributed by atoms with Crippen molar-refractivity contribution in [1.82, 2.24) is 0 Å². The quantitative estimate of drug-likeness (QED) is 0.140. The summed E-state index contributed by atoms with van der Waals surface area (Å²) in [7, 11) is 0. The summed E-state index contributed by atoms with van der Waals surface area (Å²) in [5.74, 6) is -0.725. The number of hydrogen-bond acceptors (Lipinski definition) is 8. The van der Waals surface area contributed by atoms with Crippen molar-refractivity contribution in [3.8, 4) is 11.5 Å². The Morgan fingerprint density at radius 2 is 1.18 bits per heavy atom. The van der Waals surface area contributed by atoms with Gasteiger partial charge in [-0.2, -0.15) is 0 Å². The van der Waals surface area contributed by atoms with Crippen LogP contribution in [0.25, 0.3) is 21.7 Å². The van der Waals surface area contributed by atoms with Crippen LogP contribution in [0.5, 0.6) is 11.5 Å². The number of carbonyl (C=O) groups is 2. The fourth-order valence-corrected chi connectivity index (χ4v) is 3.98. The van der Waals surface area contributed by atoms with Crippen molar-refractivity contribution in [2.24, 2.45) is 0 Å². The molecule has 0 radical (unpaired) electrons. The van der Waals surface area contributed by atoms with E-state index < -0.39 is 24.2 Å². The molecule has 8 heteroatoms. The predicted molar refractivity (Wildman–Crippen MR) is 143 cm³/mol. The highest BCUT2D eigenvalue weighted by Gasteiger charge is 2.17. The summed E-state index contributed by atoms with van der Waals surface area (Å²) in [4.78, 5) is 37.3. The van der Waals surface area contributed by atoms with Crippen molar-refractivity contribution in [3.63, 3.8) is 0 Å². The molecule has 0 aliphatic rings. The normalized spacial score (nSPS) is 10.8. The molecule has 0 amide bonds. The molecule has 8 nitrogen and oxygen atoms in total. The zero-order valence-corrected chi connectivity index (χ0v) is 20.8. The third-order valence-electron chi connectivity index (χ3n) is 5.85. The monoisotopic (exact) mass is 524 g/mol. The Morgan fingerprint density at radius 1 is 0.641 bits per heavy atom. The molecule has 5 aromatic rings. The Morgan fingerprint density at radius 3 is 1.79 bits per heavy atom. The van der Waals surface area contributed by atoms with Gasteiger partial charge in [0.25, 0.3) is 0 Å². The van der Waals surface area contributed by atoms with E-state index >= 15 is 0 Å². The van der Waals surface area contributed by atoms with E-state index in [0.29, 0.717) is 16.2 Å². The first-order chi connectivity index (χ1) is 19.1. The van der Waals surface area contributed by atoms with Crippen LogP contribution in [0, 0.1) is 0 Å². The summed E-state index contributed by atoms with van der Waals surface area (Å²) >= 11 is 0. The average molecular weight is 525 g/mol. The smallest absolute Gasteiger partial charge is 0.344 e. The average Bonchev–Trinajstić information content (AvgIpc) is 2.97. The molecule has 0 saturated carbocycles. The highest BCUT2D eigenvalue weighted by molar-refractivity contribution is 6.08. The molecule has 5 rings (SSSR count). The van der Waals surface area contributed by atoms with Gasteiger partial charge in [0.1, 0.15) is 30.3 Å². The van der Waals surface area contributed by atoms with Crippen LogP contribution in [-0.4, -0.2) is 25.2 Å². The third kappa shape index (κ3) is 6.42. The molecule has 0 saturated heterocycles. The molecule has 0 atom stereocenters. The van der Waals surface area contributed by atoms with Crippen LogP contribution in [-0.2, 0) is 32.3 Å². The maximum absolute atomic E-state index is 12.6. The van der Waals surface area contributed by atoms with E-state index in [4.69, 9.17) is 23.4 Å². The first-order valence-electron chi connectivity index (χ1n) is 12.2. The largest absolute Gasteiger partial charge is 0.482 e. The van der Waals surface area contributed by atoms with E-state index in [9.17, 15) is 14.4 Å². The van der Waals surface area contributed by atoms with Crippen LogP contribution in [0.4, 0.5) is 0 Å². The maximum Gasteiger partial charge on any atom is 0.344 e. The van der Waals surface area contributed by atoms with E-state index in [-0.39, 0.29) is 36.9 Å². The van der Waals surface area contributed by atoms with Gasteiger partial charge < -0.3 is 23.4 Å². The fraction of sp³-hybridized carbons (Fsp3) is 0.129. The lowest BCUT2D eigenvalue weighted by molar-refractivity contribution is -0.148. The van der Waals surface area contributed by atoms with Gasteiger partial charge in [0.15, 0.2) is 13.2 Å². The second kappa shape index (κ2) is 12.0. The van der Waals surface area contributed by atoms with E-state index in [0.717, 1.165) is 11.1 Å². The number of ether oxygens (including phenoxy) is 4. The molecule has 1 heterocycles. The molecule has 0 aliphatic heterocycles. The highest BCUT2D eigenvalue weighted by Crippen LogP contribution is 2.35. The van der Waals surface area contributed by atoms with Gasteiger partial charge in [-0.3, -0.25) is 0 Å². The molecule has 0 aliphatic carbocycles. The zero-order valence-electron chi connectivity index (χ0n) is 20.8. The summed E-state index contributed by atoms with van der Waals surface area (Å²) in [6.45, 7) is -0.552. The second-order valence-electron chi connectivity index (χ2n) is 8.60. The van der Waals surface area contributed by atoms with Crippen molar-refractivity contribution in [2.75, 3.05) is 13.2 Å². The highest BCUT2D eigenvalue weighted by atomic mass is 16.6. The minimum absolute atomic E-state index is 0.107. The van der Waals surface area contributed by atoms with Gasteiger partial charge >= 0.3 is 17.6 Å². The second-order valence-corrected chi connectivity index (χ2v) is 8.60. The van der Waals surface area contributed by atoms with Gasteiger partial charge in [0.05, 0.1) is 10.8 Å². The Labute approximate surface area is 223 Å². The first-order valence-corrected chi connectivity index (χ1v) is 12.2. The molecule has 0 N–H and O–H groups in total. The lowest BCUT2D eigenvalue weighted by atomic mass is 10.1. The summed E-state index contributed by atoms with van der Waals surface area (Å²) in [5.41, 5.74) is 1.34. The van der Waals surface area contributed by atoms with Crippen LogP contribution in [0.1, 0.15) is 11.1 Å². The van der Waals surface area contributed by atoms with Crippen LogP contribution in [0.15, 0.2) is 106 Å². The number of esters is 2. The topological polar surface area (TPSA) is 101 Å². The number of hydrogen-bond donors (Lipinski definition) is 0. The van der Waals surface area contributed by atoms with Gasteiger partial charge in [0, 0.05) is 17.5 Å². The van der Waals surface area contributed by atoms with Crippen LogP contribution in [0.3, 0.4) is 0 Å². The number of carbonyl (C=O) groups excluding carboxylic acids is 2. The molecule has 0 unspecified atom stereocenters. The lowest BCUT2D eigenvalue weighted by Crippen LogP contribution is -2.16. The number of fused-ring (bicyclic) bond motifs is 3. The number of benzene rings is 4. The summed E-state index contributed by atoms with van der Waals surface area (Å²) < 4.78 is 27.6. The van der Waals surface area contributed by atoms with Gasteiger partial charge in [-0.1, -0.05) is 78.9 Å².